The summed E-state index contributed by atoms with van der Waals surface area (Å²) in [5.74, 6) is 5.25. The number of nitrogens with zero attached hydrogens (tertiary/aromatic N) is 1. The number of benzene rings is 1. The Hall–Kier alpha value is -1.79. The molecule has 7 heteroatoms. The van der Waals surface area contributed by atoms with Crippen LogP contribution in [0.2, 0.25) is 5.02 Å². The van der Waals surface area contributed by atoms with E-state index in [1.807, 2.05) is 0 Å². The molecule has 0 fully saturated rings. The first kappa shape index (κ1) is 13.3. The summed E-state index contributed by atoms with van der Waals surface area (Å²) >= 11 is 5.73. The number of hydrazine groups is 1. The van der Waals surface area contributed by atoms with E-state index in [2.05, 4.69) is 10.1 Å². The van der Waals surface area contributed by atoms with Crippen LogP contribution in [0.5, 0.6) is 0 Å². The first-order chi connectivity index (χ1) is 8.04. The van der Waals surface area contributed by atoms with Gasteiger partial charge in [0.25, 0.3) is 0 Å². The van der Waals surface area contributed by atoms with E-state index in [-0.39, 0.29) is 6.61 Å². The summed E-state index contributed by atoms with van der Waals surface area (Å²) in [6.07, 6.45) is -0.924. The number of urea groups is 1. The van der Waals surface area contributed by atoms with Crippen molar-refractivity contribution < 1.29 is 14.3 Å². The van der Waals surface area contributed by atoms with E-state index in [0.717, 1.165) is 0 Å². The predicted octanol–water partition coefficient (Wildman–Crippen LogP) is 2.20. The second kappa shape index (κ2) is 6.07. The Morgan fingerprint density at radius 1 is 1.53 bits per heavy atom. The molecular weight excluding hydrogens is 246 g/mol. The Morgan fingerprint density at radius 2 is 2.24 bits per heavy atom. The summed E-state index contributed by atoms with van der Waals surface area (Å²) in [7, 11) is 0. The standard InChI is InChI=1S/C10H12ClN3O3/c1-2-17-10(16)14(12)9(15)13-8-5-3-4-7(11)6-8/h3-6H,2,12H2,1H3,(H,13,15). The van der Waals surface area contributed by atoms with Crippen LogP contribution in [0.1, 0.15) is 6.92 Å². The maximum atomic E-state index is 11.5. The lowest BCUT2D eigenvalue weighted by molar-refractivity contribution is 0.117. The van der Waals surface area contributed by atoms with Gasteiger partial charge in [-0.2, -0.15) is 5.01 Å². The summed E-state index contributed by atoms with van der Waals surface area (Å²) in [5.41, 5.74) is 0.433. The molecule has 0 aromatic heterocycles. The van der Waals surface area contributed by atoms with Gasteiger partial charge in [0.2, 0.25) is 0 Å². The smallest absolute Gasteiger partial charge is 0.432 e. The maximum Gasteiger partial charge on any atom is 0.432 e. The van der Waals surface area contributed by atoms with Crippen molar-refractivity contribution in [2.24, 2.45) is 5.84 Å². The lowest BCUT2D eigenvalue weighted by atomic mass is 10.3. The highest BCUT2D eigenvalue weighted by Crippen LogP contribution is 2.15. The van der Waals surface area contributed by atoms with E-state index in [1.54, 1.807) is 25.1 Å². The van der Waals surface area contributed by atoms with Crippen molar-refractivity contribution in [2.45, 2.75) is 6.92 Å². The van der Waals surface area contributed by atoms with Crippen LogP contribution < -0.4 is 11.2 Å². The summed E-state index contributed by atoms with van der Waals surface area (Å²) in [6, 6.07) is 5.65. The van der Waals surface area contributed by atoms with Crippen LogP contribution in [0, 0.1) is 0 Å². The highest BCUT2D eigenvalue weighted by atomic mass is 35.5. The van der Waals surface area contributed by atoms with Crippen LogP contribution in [0.4, 0.5) is 15.3 Å². The van der Waals surface area contributed by atoms with E-state index in [4.69, 9.17) is 17.4 Å². The fourth-order valence-corrected chi connectivity index (χ4v) is 1.22. The molecular formula is C10H12ClN3O3. The minimum Gasteiger partial charge on any atom is -0.448 e. The van der Waals surface area contributed by atoms with Crippen molar-refractivity contribution in [3.63, 3.8) is 0 Å². The number of rotatable bonds is 2. The van der Waals surface area contributed by atoms with Gasteiger partial charge in [0.1, 0.15) is 0 Å². The molecule has 3 N–H and O–H groups in total. The fourth-order valence-electron chi connectivity index (χ4n) is 1.03. The van der Waals surface area contributed by atoms with Crippen molar-refractivity contribution >= 4 is 29.4 Å². The number of nitrogens with one attached hydrogen (secondary N) is 1. The molecule has 0 bridgehead atoms. The van der Waals surface area contributed by atoms with Crippen molar-refractivity contribution in [2.75, 3.05) is 11.9 Å². The molecule has 0 aliphatic rings. The largest absolute Gasteiger partial charge is 0.448 e. The lowest BCUT2D eigenvalue weighted by Crippen LogP contribution is -2.45. The van der Waals surface area contributed by atoms with Gasteiger partial charge in [-0.25, -0.2) is 15.4 Å². The number of amides is 3. The Balaban J connectivity index is 2.63. The van der Waals surface area contributed by atoms with E-state index >= 15 is 0 Å². The van der Waals surface area contributed by atoms with E-state index in [9.17, 15) is 9.59 Å². The van der Waals surface area contributed by atoms with Crippen molar-refractivity contribution in [1.29, 1.82) is 0 Å². The number of ether oxygens (including phenoxy) is 1. The number of hydrogen-bond acceptors (Lipinski definition) is 4. The Morgan fingerprint density at radius 3 is 2.82 bits per heavy atom. The highest BCUT2D eigenvalue weighted by Gasteiger charge is 2.18. The maximum absolute atomic E-state index is 11.5. The van der Waals surface area contributed by atoms with E-state index < -0.39 is 12.1 Å². The SMILES string of the molecule is CCOC(=O)N(N)C(=O)Nc1cccc(Cl)c1. The van der Waals surface area contributed by atoms with Gasteiger partial charge in [0.05, 0.1) is 6.61 Å². The average Bonchev–Trinajstić information content (AvgIpc) is 2.28. The molecule has 0 saturated carbocycles. The molecule has 1 aromatic carbocycles. The molecule has 0 aliphatic heterocycles. The van der Waals surface area contributed by atoms with E-state index in [1.165, 1.54) is 6.07 Å². The molecule has 0 heterocycles. The predicted molar refractivity (Wildman–Crippen MR) is 63.5 cm³/mol. The normalized spacial score (nSPS) is 9.59. The van der Waals surface area contributed by atoms with Crippen LogP contribution in [0.3, 0.4) is 0 Å². The third-order valence-corrected chi connectivity index (χ3v) is 1.99. The van der Waals surface area contributed by atoms with Crippen LogP contribution in [0.25, 0.3) is 0 Å². The van der Waals surface area contributed by atoms with Gasteiger partial charge in [0.15, 0.2) is 0 Å². The molecule has 0 unspecified atom stereocenters. The molecule has 3 amide bonds. The molecule has 92 valence electrons. The molecule has 0 atom stereocenters. The molecule has 0 aliphatic carbocycles. The first-order valence-electron chi connectivity index (χ1n) is 4.82. The average molecular weight is 258 g/mol. The minimum absolute atomic E-state index is 0.136. The number of carbonyl (C=O) groups excluding carboxylic acids is 2. The number of carbonyl (C=O) groups is 2. The summed E-state index contributed by atoms with van der Waals surface area (Å²) in [6.45, 7) is 1.75. The topological polar surface area (TPSA) is 84.7 Å². The Labute approximate surface area is 103 Å². The quantitative estimate of drug-likeness (QED) is 0.483. The molecule has 6 nitrogen and oxygen atoms in total. The summed E-state index contributed by atoms with van der Waals surface area (Å²) < 4.78 is 4.56. The number of nitrogens with two attached hydrogens (primary N) is 1. The van der Waals surface area contributed by atoms with Gasteiger partial charge < -0.3 is 10.1 Å². The molecule has 0 saturated heterocycles. The zero-order valence-corrected chi connectivity index (χ0v) is 9.90. The van der Waals surface area contributed by atoms with Crippen molar-refractivity contribution in [1.82, 2.24) is 5.01 Å². The highest BCUT2D eigenvalue weighted by molar-refractivity contribution is 6.30. The number of hydrogen-bond donors (Lipinski definition) is 2. The number of halogens is 1. The van der Waals surface area contributed by atoms with Gasteiger partial charge in [-0.15, -0.1) is 0 Å². The van der Waals surface area contributed by atoms with Gasteiger partial charge >= 0.3 is 12.1 Å². The third kappa shape index (κ3) is 3.93. The zero-order valence-electron chi connectivity index (χ0n) is 9.14. The molecule has 0 spiro atoms. The Bertz CT molecular complexity index is 425. The molecule has 0 radical (unpaired) electrons. The first-order valence-corrected chi connectivity index (χ1v) is 5.20. The van der Waals surface area contributed by atoms with Gasteiger partial charge in [-0.3, -0.25) is 0 Å². The molecule has 17 heavy (non-hydrogen) atoms. The van der Waals surface area contributed by atoms with Crippen molar-refractivity contribution in [3.05, 3.63) is 29.3 Å². The number of anilines is 1. The van der Waals surface area contributed by atoms with Crippen molar-refractivity contribution in [3.8, 4) is 0 Å². The van der Waals surface area contributed by atoms with Crippen LogP contribution in [0.15, 0.2) is 24.3 Å². The lowest BCUT2D eigenvalue weighted by Gasteiger charge is -2.14. The van der Waals surface area contributed by atoms with Gasteiger partial charge in [-0.05, 0) is 25.1 Å². The molecule has 1 aromatic rings. The minimum atomic E-state index is -0.924. The van der Waals surface area contributed by atoms with Gasteiger partial charge in [-0.1, -0.05) is 17.7 Å². The second-order valence-electron chi connectivity index (χ2n) is 3.01. The Kier molecular flexibility index (Phi) is 4.74. The summed E-state index contributed by atoms with van der Waals surface area (Å²) in [4.78, 5) is 22.6. The summed E-state index contributed by atoms with van der Waals surface area (Å²) in [5, 5.41) is 3.21. The van der Waals surface area contributed by atoms with E-state index in [0.29, 0.717) is 15.7 Å². The van der Waals surface area contributed by atoms with Gasteiger partial charge in [0, 0.05) is 10.7 Å². The van der Waals surface area contributed by atoms with Crippen LogP contribution in [-0.2, 0) is 4.74 Å². The molecule has 1 rings (SSSR count). The van der Waals surface area contributed by atoms with Crippen LogP contribution in [-0.4, -0.2) is 23.7 Å². The fraction of sp³-hybridized carbons (Fsp3) is 0.200. The number of imide groups is 1. The second-order valence-corrected chi connectivity index (χ2v) is 3.45. The van der Waals surface area contributed by atoms with Crippen LogP contribution >= 0.6 is 11.6 Å². The zero-order chi connectivity index (χ0) is 12.8. The third-order valence-electron chi connectivity index (χ3n) is 1.76. The monoisotopic (exact) mass is 257 g/mol.